The largest absolute Gasteiger partial charge is 0.462 e. The van der Waals surface area contributed by atoms with Gasteiger partial charge < -0.3 is 14.2 Å². The number of hydrogen-bond donors (Lipinski definition) is 0. The van der Waals surface area contributed by atoms with Crippen LogP contribution in [-0.2, 0) is 28.6 Å². The van der Waals surface area contributed by atoms with E-state index in [0.29, 0.717) is 19.3 Å². The Labute approximate surface area is 491 Å². The number of allylic oxidation sites excluding steroid dienone is 30. The van der Waals surface area contributed by atoms with E-state index in [2.05, 4.69) is 203 Å². The summed E-state index contributed by atoms with van der Waals surface area (Å²) in [5.41, 5.74) is 0. The quantitative estimate of drug-likeness (QED) is 0.0261. The Morgan fingerprint density at radius 1 is 0.263 bits per heavy atom. The average molecular weight is 1100 g/mol. The van der Waals surface area contributed by atoms with Crippen LogP contribution < -0.4 is 0 Å². The number of carbonyl (C=O) groups excluding carboxylic acids is 3. The number of carbonyl (C=O) groups is 3. The second kappa shape index (κ2) is 66.0. The van der Waals surface area contributed by atoms with Crippen LogP contribution in [0.15, 0.2) is 182 Å². The highest BCUT2D eigenvalue weighted by atomic mass is 16.6. The van der Waals surface area contributed by atoms with E-state index in [-0.39, 0.29) is 37.5 Å². The van der Waals surface area contributed by atoms with Crippen LogP contribution in [0.1, 0.15) is 245 Å². The molecule has 6 heteroatoms. The molecule has 0 saturated heterocycles. The van der Waals surface area contributed by atoms with E-state index in [1.807, 2.05) is 0 Å². The molecule has 0 amide bonds. The summed E-state index contributed by atoms with van der Waals surface area (Å²) < 4.78 is 16.8. The minimum absolute atomic E-state index is 0.113. The number of rotatable bonds is 55. The lowest BCUT2D eigenvalue weighted by molar-refractivity contribution is -0.167. The maximum Gasteiger partial charge on any atom is 0.306 e. The van der Waals surface area contributed by atoms with Crippen molar-refractivity contribution in [3.05, 3.63) is 182 Å². The van der Waals surface area contributed by atoms with Crippen LogP contribution in [0.2, 0.25) is 0 Å². The number of ether oxygens (including phenoxy) is 3. The molecule has 0 aliphatic heterocycles. The first kappa shape index (κ1) is 74.5. The van der Waals surface area contributed by atoms with Crippen molar-refractivity contribution in [1.29, 1.82) is 0 Å². The Morgan fingerprint density at radius 2 is 0.500 bits per heavy atom. The third-order valence-corrected chi connectivity index (χ3v) is 12.7. The molecule has 0 radical (unpaired) electrons. The molecule has 0 aromatic carbocycles. The summed E-state index contributed by atoms with van der Waals surface area (Å²) >= 11 is 0. The molecule has 0 rings (SSSR count). The van der Waals surface area contributed by atoms with Crippen LogP contribution in [0.4, 0.5) is 0 Å². The van der Waals surface area contributed by atoms with Crippen molar-refractivity contribution in [2.24, 2.45) is 0 Å². The van der Waals surface area contributed by atoms with Crippen LogP contribution in [-0.4, -0.2) is 37.2 Å². The summed E-state index contributed by atoms with van der Waals surface area (Å²) in [5, 5.41) is 0. The second-order valence-corrected chi connectivity index (χ2v) is 20.2. The molecule has 0 N–H and O–H groups in total. The maximum absolute atomic E-state index is 12.8. The molecule has 0 saturated carbocycles. The van der Waals surface area contributed by atoms with E-state index in [9.17, 15) is 14.4 Å². The first-order valence-electron chi connectivity index (χ1n) is 31.8. The standard InChI is InChI=1S/C74H114O6/c1-4-7-10-13-16-19-21-23-25-27-29-31-33-34-35-36-37-38-39-40-42-43-45-47-49-51-53-55-58-61-64-67-73(76)79-70-71(69-78-72(75)66-63-60-57-18-15-12-9-6-3)80-74(77)68-65-62-59-56-54-52-50-48-46-44-41-32-30-28-26-24-22-20-17-14-11-8-5-2/h7-8,10-11,16-17,19-20,23-26,29-32,34-35,37-38,40,42,44-47,50,52,56,59,71H,4-6,9,12-15,18,21-22,27-28,33,36,39,41,43,48-49,51,53-55,57-58,60-70H2,1-3H3/b10-7-,11-8-,19-16-,20-17-,25-23-,26-24-,31-29-,32-30-,35-34-,38-37-,42-40-,46-44-,47-45-,52-50-,59-56-. The minimum Gasteiger partial charge on any atom is -0.462 e. The molecule has 446 valence electrons. The fourth-order valence-corrected chi connectivity index (χ4v) is 7.98. The van der Waals surface area contributed by atoms with Crippen molar-refractivity contribution >= 4 is 17.9 Å². The molecule has 0 fully saturated rings. The normalized spacial score (nSPS) is 13.4. The van der Waals surface area contributed by atoms with Gasteiger partial charge >= 0.3 is 17.9 Å². The fourth-order valence-electron chi connectivity index (χ4n) is 7.98. The number of unbranched alkanes of at least 4 members (excludes halogenated alkanes) is 14. The summed E-state index contributed by atoms with van der Waals surface area (Å²) in [6, 6.07) is 0. The minimum atomic E-state index is -0.823. The second-order valence-electron chi connectivity index (χ2n) is 20.2. The molecule has 1 unspecified atom stereocenters. The average Bonchev–Trinajstić information content (AvgIpc) is 3.46. The Kier molecular flexibility index (Phi) is 61.5. The summed E-state index contributed by atoms with van der Waals surface area (Å²) in [5.74, 6) is -1.00. The van der Waals surface area contributed by atoms with Gasteiger partial charge in [-0.25, -0.2) is 0 Å². The Hall–Kier alpha value is -5.49. The van der Waals surface area contributed by atoms with Crippen LogP contribution in [0, 0.1) is 0 Å². The molecular weight excluding hydrogens is 985 g/mol. The molecule has 0 spiro atoms. The van der Waals surface area contributed by atoms with E-state index >= 15 is 0 Å². The van der Waals surface area contributed by atoms with Crippen LogP contribution in [0.25, 0.3) is 0 Å². The van der Waals surface area contributed by atoms with E-state index in [1.165, 1.54) is 44.9 Å². The van der Waals surface area contributed by atoms with Crippen LogP contribution >= 0.6 is 0 Å². The Bertz CT molecular complexity index is 1890. The monoisotopic (exact) mass is 1100 g/mol. The highest BCUT2D eigenvalue weighted by molar-refractivity contribution is 5.71. The maximum atomic E-state index is 12.8. The lowest BCUT2D eigenvalue weighted by Crippen LogP contribution is -2.30. The van der Waals surface area contributed by atoms with Crippen molar-refractivity contribution in [3.8, 4) is 0 Å². The Morgan fingerprint density at radius 3 is 0.800 bits per heavy atom. The van der Waals surface area contributed by atoms with Crippen molar-refractivity contribution in [1.82, 2.24) is 0 Å². The van der Waals surface area contributed by atoms with E-state index in [4.69, 9.17) is 14.2 Å². The zero-order chi connectivity index (χ0) is 57.8. The van der Waals surface area contributed by atoms with Gasteiger partial charge in [-0.3, -0.25) is 14.4 Å². The van der Waals surface area contributed by atoms with E-state index < -0.39 is 6.10 Å². The first-order chi connectivity index (χ1) is 39.5. The van der Waals surface area contributed by atoms with Gasteiger partial charge in [0, 0.05) is 19.3 Å². The topological polar surface area (TPSA) is 78.9 Å². The van der Waals surface area contributed by atoms with Gasteiger partial charge in [-0.2, -0.15) is 0 Å². The van der Waals surface area contributed by atoms with Gasteiger partial charge in [0.1, 0.15) is 13.2 Å². The molecule has 0 aromatic rings. The SMILES string of the molecule is CC/C=C\C/C=C\C/C=C\C/C=C\C/C=C\C/C=C\C/C=C\C/C=C\CCCCCCCCC(=O)OCC(COC(=O)CCCCCCCCCC)OC(=O)CCC/C=C\C/C=C\C/C=C\C/C=C\C/C=C\C/C=C\C/C=C\CC. The zero-order valence-electron chi connectivity index (χ0n) is 51.0. The van der Waals surface area contributed by atoms with Gasteiger partial charge in [0.15, 0.2) is 6.10 Å². The summed E-state index contributed by atoms with van der Waals surface area (Å²) in [7, 11) is 0. The smallest absolute Gasteiger partial charge is 0.306 e. The van der Waals surface area contributed by atoms with Crippen molar-refractivity contribution in [3.63, 3.8) is 0 Å². The first-order valence-corrected chi connectivity index (χ1v) is 31.8. The molecule has 1 atom stereocenters. The van der Waals surface area contributed by atoms with Gasteiger partial charge in [0.25, 0.3) is 0 Å². The fraction of sp³-hybridized carbons (Fsp3) is 0.554. The van der Waals surface area contributed by atoms with E-state index in [1.54, 1.807) is 0 Å². The lowest BCUT2D eigenvalue weighted by Gasteiger charge is -2.18. The van der Waals surface area contributed by atoms with Gasteiger partial charge in [-0.05, 0) is 135 Å². The molecule has 6 nitrogen and oxygen atoms in total. The molecule has 0 aliphatic rings. The van der Waals surface area contributed by atoms with Gasteiger partial charge in [0.2, 0.25) is 0 Å². The molecule has 80 heavy (non-hydrogen) atoms. The Balaban J connectivity index is 4.35. The highest BCUT2D eigenvalue weighted by Gasteiger charge is 2.19. The lowest BCUT2D eigenvalue weighted by atomic mass is 10.1. The molecule has 0 aromatic heterocycles. The third-order valence-electron chi connectivity index (χ3n) is 12.7. The van der Waals surface area contributed by atoms with Crippen LogP contribution in [0.5, 0.6) is 0 Å². The third kappa shape index (κ3) is 63.3. The highest BCUT2D eigenvalue weighted by Crippen LogP contribution is 2.13. The van der Waals surface area contributed by atoms with Gasteiger partial charge in [-0.15, -0.1) is 0 Å². The van der Waals surface area contributed by atoms with Crippen molar-refractivity contribution in [2.75, 3.05) is 13.2 Å². The number of esters is 3. The van der Waals surface area contributed by atoms with Gasteiger partial charge in [-0.1, -0.05) is 274 Å². The summed E-state index contributed by atoms with van der Waals surface area (Å²) in [6.45, 7) is 6.30. The van der Waals surface area contributed by atoms with Crippen molar-refractivity contribution in [2.45, 2.75) is 252 Å². The number of hydrogen-bond acceptors (Lipinski definition) is 6. The van der Waals surface area contributed by atoms with Crippen molar-refractivity contribution < 1.29 is 28.6 Å². The molecule has 0 heterocycles. The summed E-state index contributed by atoms with van der Waals surface area (Å²) in [6.07, 6.45) is 99.1. The molecule has 0 bridgehead atoms. The molecular formula is C74H114O6. The van der Waals surface area contributed by atoms with E-state index in [0.717, 1.165) is 154 Å². The predicted molar refractivity (Wildman–Crippen MR) is 348 cm³/mol. The summed E-state index contributed by atoms with van der Waals surface area (Å²) in [4.78, 5) is 38.1. The van der Waals surface area contributed by atoms with Gasteiger partial charge in [0.05, 0.1) is 0 Å². The zero-order valence-corrected chi connectivity index (χ0v) is 51.0. The van der Waals surface area contributed by atoms with Crippen LogP contribution in [0.3, 0.4) is 0 Å². The predicted octanol–water partition coefficient (Wildman–Crippen LogP) is 22.0. The molecule has 0 aliphatic carbocycles.